The molecule has 12 heteroatoms. The molecule has 11 nitrogen and oxygen atoms in total. The van der Waals surface area contributed by atoms with Crippen LogP contribution in [0.2, 0.25) is 0 Å². The number of fused-ring (bicyclic) bond motifs is 1. The Morgan fingerprint density at radius 3 is 2.75 bits per heavy atom. The monoisotopic (exact) mass is 443 g/mol. The number of hydrogen-bond acceptors (Lipinski definition) is 10. The zero-order valence-corrected chi connectivity index (χ0v) is 17.6. The second-order valence-electron chi connectivity index (χ2n) is 8.33. The summed E-state index contributed by atoms with van der Waals surface area (Å²) in [6, 6.07) is 8.32. The van der Waals surface area contributed by atoms with Gasteiger partial charge in [-0.05, 0) is 5.56 Å². The Bertz CT molecular complexity index is 986. The Morgan fingerprint density at radius 2 is 2.03 bits per heavy atom. The Morgan fingerprint density at radius 1 is 1.28 bits per heavy atom. The van der Waals surface area contributed by atoms with Crippen molar-refractivity contribution in [3.63, 3.8) is 0 Å². The largest absolute Gasteiger partial charge is 0.390 e. The molecule has 2 atom stereocenters. The van der Waals surface area contributed by atoms with E-state index >= 15 is 0 Å². The van der Waals surface area contributed by atoms with Gasteiger partial charge >= 0.3 is 0 Å². The number of ether oxygens (including phenoxy) is 1. The quantitative estimate of drug-likeness (QED) is 0.197. The normalized spacial score (nSPS) is 23.6. The molecule has 0 aliphatic carbocycles. The lowest BCUT2D eigenvalue weighted by Gasteiger charge is -2.50. The molecule has 2 aliphatic rings. The molecule has 3 heterocycles. The Balaban J connectivity index is 1.38. The number of nitrogens with zero attached hydrogens (tertiary/aromatic N) is 3. The molecule has 1 saturated heterocycles. The number of hydrogen-bond donors (Lipinski definition) is 6. The van der Waals surface area contributed by atoms with Crippen molar-refractivity contribution in [3.05, 3.63) is 53.5 Å². The van der Waals surface area contributed by atoms with Crippen LogP contribution in [-0.4, -0.2) is 93.1 Å². The fourth-order valence-electron chi connectivity index (χ4n) is 3.93. The first-order chi connectivity index (χ1) is 15.2. The van der Waals surface area contributed by atoms with Gasteiger partial charge in [-0.1, -0.05) is 24.3 Å². The minimum Gasteiger partial charge on any atom is -0.390 e. The number of amides is 1. The highest BCUT2D eigenvalue weighted by atomic mass is 16.5. The maximum Gasteiger partial charge on any atom is 0.270 e. The van der Waals surface area contributed by atoms with Crippen LogP contribution in [0.3, 0.4) is 0 Å². The topological polar surface area (TPSA) is 160 Å². The molecule has 0 bridgehead atoms. The van der Waals surface area contributed by atoms with E-state index in [-0.39, 0.29) is 36.8 Å². The molecule has 0 saturated carbocycles. The van der Waals surface area contributed by atoms with Crippen molar-refractivity contribution in [3.8, 4) is 0 Å². The number of aliphatic hydroxyl groups is 4. The van der Waals surface area contributed by atoms with Crippen molar-refractivity contribution in [2.45, 2.75) is 30.1 Å². The maximum absolute atomic E-state index is 12.5. The third kappa shape index (κ3) is 4.60. The summed E-state index contributed by atoms with van der Waals surface area (Å²) in [7, 11) is 1.44. The van der Waals surface area contributed by atoms with Gasteiger partial charge in [0.2, 0.25) is 0 Å². The highest BCUT2D eigenvalue weighted by Crippen LogP contribution is 2.37. The maximum atomic E-state index is 12.5. The molecule has 2 aromatic rings. The van der Waals surface area contributed by atoms with Gasteiger partial charge in [0.15, 0.2) is 7.85 Å². The number of nitrogens with one attached hydrogen (secondary N) is 2. The minimum absolute atomic E-state index is 0.118. The molecule has 1 aromatic heterocycles. The number of carbonyl (C=O) groups is 1. The summed E-state index contributed by atoms with van der Waals surface area (Å²) < 4.78 is 5.09. The fourth-order valence-corrected chi connectivity index (χ4v) is 3.93. The van der Waals surface area contributed by atoms with Gasteiger partial charge in [-0.2, -0.15) is 0 Å². The molecular weight excluding hydrogens is 417 g/mol. The second kappa shape index (κ2) is 8.73. The Hall–Kier alpha value is -2.61. The van der Waals surface area contributed by atoms with Crippen LogP contribution in [0.4, 0.5) is 5.82 Å². The van der Waals surface area contributed by atoms with E-state index in [0.29, 0.717) is 24.6 Å². The van der Waals surface area contributed by atoms with Crippen LogP contribution in [0, 0.1) is 0 Å². The lowest BCUT2D eigenvalue weighted by Crippen LogP contribution is -2.66. The van der Waals surface area contributed by atoms with Gasteiger partial charge in [-0.25, -0.2) is 14.9 Å². The summed E-state index contributed by atoms with van der Waals surface area (Å²) >= 11 is 0. The zero-order chi connectivity index (χ0) is 22.9. The van der Waals surface area contributed by atoms with E-state index in [2.05, 4.69) is 20.6 Å². The van der Waals surface area contributed by atoms with Crippen LogP contribution in [0.15, 0.2) is 36.7 Å². The average Bonchev–Trinajstić information content (AvgIpc) is 2.72. The second-order valence-corrected chi connectivity index (χ2v) is 8.33. The number of aromatic nitrogens is 2. The van der Waals surface area contributed by atoms with Crippen LogP contribution < -0.4 is 10.6 Å². The van der Waals surface area contributed by atoms with E-state index < -0.39 is 23.5 Å². The van der Waals surface area contributed by atoms with Crippen LogP contribution in [0.25, 0.3) is 0 Å². The van der Waals surface area contributed by atoms with E-state index in [9.17, 15) is 25.2 Å². The molecule has 6 N–H and O–H groups in total. The van der Waals surface area contributed by atoms with Crippen molar-refractivity contribution in [2.24, 2.45) is 0 Å². The van der Waals surface area contributed by atoms with Crippen molar-refractivity contribution >= 4 is 19.6 Å². The summed E-state index contributed by atoms with van der Waals surface area (Å²) in [5, 5.41) is 48.5. The molecule has 0 radical (unpaired) electrons. The first kappa shape index (κ1) is 22.6. The molecule has 2 unspecified atom stereocenters. The minimum atomic E-state index is -2.48. The third-order valence-corrected chi connectivity index (χ3v) is 5.64. The average molecular weight is 443 g/mol. The number of rotatable bonds is 7. The van der Waals surface area contributed by atoms with Gasteiger partial charge in [-0.3, -0.25) is 4.79 Å². The summed E-state index contributed by atoms with van der Waals surface area (Å²) in [6.07, 6.45) is 0.218. The molecule has 0 spiro atoms. The molecule has 4 rings (SSSR count). The van der Waals surface area contributed by atoms with E-state index in [4.69, 9.17) is 4.74 Å². The predicted octanol–water partition coefficient (Wildman–Crippen LogP) is -2.69. The van der Waals surface area contributed by atoms with Gasteiger partial charge in [0.25, 0.3) is 11.8 Å². The van der Waals surface area contributed by atoms with Crippen LogP contribution in [-0.2, 0) is 17.1 Å². The van der Waals surface area contributed by atoms with E-state index in [1.54, 1.807) is 24.3 Å². The molecule has 32 heavy (non-hydrogen) atoms. The smallest absolute Gasteiger partial charge is 0.270 e. The molecule has 1 fully saturated rings. The number of carbonyl (C=O) groups excluding carboxylic acids is 1. The lowest BCUT2D eigenvalue weighted by molar-refractivity contribution is -0.330. The number of benzene rings is 1. The van der Waals surface area contributed by atoms with Crippen LogP contribution in [0.1, 0.15) is 21.6 Å². The first-order valence-corrected chi connectivity index (χ1v) is 10.3. The standard InChI is InChI=1S/C20H26BN5O6/c21-19(29)6-12-3-1-2-4-15(12)20(30,31)26(19)8-14(27)7-22-18(28)16-5-17(24-11-23-16)25-13-9-32-10-13/h1-5,11,13-14,27,29-31H,6-10,21H2,(H,22,28)(H,23,24,25). The lowest BCUT2D eigenvalue weighted by atomic mass is 9.77. The van der Waals surface area contributed by atoms with E-state index in [1.165, 1.54) is 20.2 Å². The van der Waals surface area contributed by atoms with E-state index in [1.807, 2.05) is 0 Å². The summed E-state index contributed by atoms with van der Waals surface area (Å²) in [6.45, 7) is 0.651. The molecule has 1 aromatic carbocycles. The highest BCUT2D eigenvalue weighted by Gasteiger charge is 2.50. The third-order valence-electron chi connectivity index (χ3n) is 5.64. The van der Waals surface area contributed by atoms with Crippen molar-refractivity contribution in [1.82, 2.24) is 20.2 Å². The molecule has 170 valence electrons. The number of anilines is 1. The molecule has 1 amide bonds. The highest BCUT2D eigenvalue weighted by molar-refractivity contribution is 6.14. The van der Waals surface area contributed by atoms with Gasteiger partial charge in [0, 0.05) is 31.1 Å². The Labute approximate surface area is 185 Å². The predicted molar refractivity (Wildman–Crippen MR) is 115 cm³/mol. The first-order valence-electron chi connectivity index (χ1n) is 10.3. The SMILES string of the molecule is BC1(O)Cc2ccccc2C(O)(O)N1CC(O)CNC(=O)c1cc(NC2COC2)ncn1. The van der Waals surface area contributed by atoms with Gasteiger partial charge in [-0.15, -0.1) is 0 Å². The summed E-state index contributed by atoms with van der Waals surface area (Å²) in [4.78, 5) is 21.5. The number of β-amino-alcohol motifs (C(OH)–C–C–N with tert-alkyl or cyclic N) is 1. The van der Waals surface area contributed by atoms with Crippen LogP contribution >= 0.6 is 0 Å². The van der Waals surface area contributed by atoms with Gasteiger partial charge in [0.1, 0.15) is 17.8 Å². The van der Waals surface area contributed by atoms with Crippen molar-refractivity contribution in [2.75, 3.05) is 31.6 Å². The molecule has 2 aliphatic heterocycles. The zero-order valence-electron chi connectivity index (χ0n) is 17.6. The van der Waals surface area contributed by atoms with Gasteiger partial charge < -0.3 is 35.8 Å². The Kier molecular flexibility index (Phi) is 6.16. The van der Waals surface area contributed by atoms with Crippen LogP contribution in [0.5, 0.6) is 0 Å². The fraction of sp³-hybridized carbons (Fsp3) is 0.450. The van der Waals surface area contributed by atoms with E-state index in [0.717, 1.165) is 4.90 Å². The summed E-state index contributed by atoms with van der Waals surface area (Å²) in [5.41, 5.74) is -0.669. The van der Waals surface area contributed by atoms with Crippen molar-refractivity contribution < 1.29 is 30.0 Å². The molecular formula is C20H26BN5O6. The number of aliphatic hydroxyl groups excluding tert-OH is 1. The summed E-state index contributed by atoms with van der Waals surface area (Å²) in [5.74, 6) is -2.51. The van der Waals surface area contributed by atoms with Gasteiger partial charge in [0.05, 0.1) is 31.0 Å². The van der Waals surface area contributed by atoms with Crippen molar-refractivity contribution in [1.29, 1.82) is 0 Å².